The lowest BCUT2D eigenvalue weighted by Crippen LogP contribution is -2.23. The van der Waals surface area contributed by atoms with E-state index in [2.05, 4.69) is 10.6 Å². The van der Waals surface area contributed by atoms with E-state index in [1.807, 2.05) is 12.1 Å². The maximum Gasteiger partial charge on any atom is 0.349 e. The van der Waals surface area contributed by atoms with Gasteiger partial charge in [-0.3, -0.25) is 9.59 Å². The molecule has 2 heterocycles. The normalized spacial score (nSPS) is 16.0. The van der Waals surface area contributed by atoms with Crippen LogP contribution in [0.4, 0.5) is 5.69 Å². The minimum absolute atomic E-state index is 0.00885. The van der Waals surface area contributed by atoms with Crippen molar-refractivity contribution in [2.45, 2.75) is 38.7 Å². The molecule has 2 amide bonds. The van der Waals surface area contributed by atoms with Crippen molar-refractivity contribution >= 4 is 17.5 Å². The minimum atomic E-state index is -0.662. The second-order valence-corrected chi connectivity index (χ2v) is 6.82. The lowest BCUT2D eigenvalue weighted by molar-refractivity contribution is -0.120. The molecule has 1 atom stereocenters. The average Bonchev–Trinajstić information content (AvgIpc) is 3.21. The summed E-state index contributed by atoms with van der Waals surface area (Å²) in [5.74, 6) is -0.0636. The van der Waals surface area contributed by atoms with Crippen LogP contribution in [0.1, 0.15) is 52.6 Å². The average molecular weight is 384 g/mol. The van der Waals surface area contributed by atoms with E-state index in [4.69, 9.17) is 9.15 Å². The first kappa shape index (κ1) is 19.8. The van der Waals surface area contributed by atoms with Crippen LogP contribution in [0.25, 0.3) is 0 Å². The summed E-state index contributed by atoms with van der Waals surface area (Å²) in [6, 6.07) is 8.88. The highest BCUT2D eigenvalue weighted by atomic mass is 16.5. The van der Waals surface area contributed by atoms with Crippen LogP contribution in [-0.2, 0) is 16.0 Å². The third-order valence-corrected chi connectivity index (χ3v) is 4.77. The molecule has 2 aromatic rings. The van der Waals surface area contributed by atoms with Crippen LogP contribution in [-0.4, -0.2) is 25.5 Å². The van der Waals surface area contributed by atoms with E-state index in [9.17, 15) is 14.4 Å². The minimum Gasteiger partial charge on any atom is -0.424 e. The molecule has 1 aliphatic heterocycles. The lowest BCUT2D eigenvalue weighted by Gasteiger charge is -2.11. The number of anilines is 1. The van der Waals surface area contributed by atoms with E-state index < -0.39 is 11.5 Å². The van der Waals surface area contributed by atoms with Crippen molar-refractivity contribution in [3.05, 3.63) is 63.2 Å². The fourth-order valence-electron chi connectivity index (χ4n) is 3.20. The summed E-state index contributed by atoms with van der Waals surface area (Å²) < 4.78 is 10.9. The van der Waals surface area contributed by atoms with Gasteiger partial charge in [0.1, 0.15) is 17.4 Å². The molecule has 1 fully saturated rings. The van der Waals surface area contributed by atoms with Crippen LogP contribution in [0.15, 0.2) is 39.5 Å². The SMILES string of the molecule is CNC(=O)CCc1ccc(NC(=O)c2c(C)cc(C3CCCO3)oc2=O)cc1. The fraction of sp³-hybridized carbons (Fsp3) is 0.381. The second-order valence-electron chi connectivity index (χ2n) is 6.82. The Kier molecular flexibility index (Phi) is 6.26. The molecule has 7 nitrogen and oxygen atoms in total. The van der Waals surface area contributed by atoms with Crippen LogP contribution < -0.4 is 16.3 Å². The van der Waals surface area contributed by atoms with Crippen molar-refractivity contribution in [2.75, 3.05) is 19.0 Å². The van der Waals surface area contributed by atoms with Gasteiger partial charge in [0.25, 0.3) is 5.91 Å². The monoisotopic (exact) mass is 384 g/mol. The zero-order valence-electron chi connectivity index (χ0n) is 16.0. The first-order chi connectivity index (χ1) is 13.5. The standard InChI is InChI=1S/C21H24N2O5/c1-13-12-17(16-4-3-11-27-16)28-21(26)19(13)20(25)23-15-8-5-14(6-9-15)7-10-18(24)22-2/h5-6,8-9,12,16H,3-4,7,10-11H2,1-2H3,(H,22,24)(H,23,25). The Morgan fingerprint density at radius 3 is 2.57 bits per heavy atom. The molecule has 1 saturated heterocycles. The van der Waals surface area contributed by atoms with Gasteiger partial charge in [-0.2, -0.15) is 0 Å². The summed E-state index contributed by atoms with van der Waals surface area (Å²) in [5.41, 5.74) is 1.44. The van der Waals surface area contributed by atoms with E-state index in [0.29, 0.717) is 36.5 Å². The van der Waals surface area contributed by atoms with Gasteiger partial charge in [-0.05, 0) is 55.5 Å². The Hall–Kier alpha value is -2.93. The largest absolute Gasteiger partial charge is 0.424 e. The van der Waals surface area contributed by atoms with E-state index >= 15 is 0 Å². The van der Waals surface area contributed by atoms with Gasteiger partial charge in [0.2, 0.25) is 5.91 Å². The number of ether oxygens (including phenoxy) is 1. The van der Waals surface area contributed by atoms with Crippen LogP contribution in [0.3, 0.4) is 0 Å². The van der Waals surface area contributed by atoms with E-state index in [1.165, 1.54) is 0 Å². The molecule has 28 heavy (non-hydrogen) atoms. The molecule has 0 radical (unpaired) electrons. The molecule has 1 aromatic heterocycles. The number of carbonyl (C=O) groups is 2. The van der Waals surface area contributed by atoms with Crippen LogP contribution >= 0.6 is 0 Å². The van der Waals surface area contributed by atoms with E-state index in [0.717, 1.165) is 18.4 Å². The molecule has 0 bridgehead atoms. The van der Waals surface area contributed by atoms with Crippen molar-refractivity contribution in [3.8, 4) is 0 Å². The van der Waals surface area contributed by atoms with Gasteiger partial charge in [0.05, 0.1) is 0 Å². The quantitative estimate of drug-likeness (QED) is 0.798. The van der Waals surface area contributed by atoms with Crippen molar-refractivity contribution < 1.29 is 18.7 Å². The molecule has 1 aromatic carbocycles. The molecule has 0 spiro atoms. The molecule has 3 rings (SSSR count). The van der Waals surface area contributed by atoms with Gasteiger partial charge in [0.15, 0.2) is 0 Å². The van der Waals surface area contributed by atoms with Crippen LogP contribution in [0.5, 0.6) is 0 Å². The highest BCUT2D eigenvalue weighted by Crippen LogP contribution is 2.28. The first-order valence-corrected chi connectivity index (χ1v) is 9.35. The number of carbonyl (C=O) groups excluding carboxylic acids is 2. The third kappa shape index (κ3) is 4.67. The maximum absolute atomic E-state index is 12.6. The van der Waals surface area contributed by atoms with Crippen LogP contribution in [0, 0.1) is 6.92 Å². The summed E-state index contributed by atoms with van der Waals surface area (Å²) in [5, 5.41) is 5.30. The topological polar surface area (TPSA) is 97.6 Å². The van der Waals surface area contributed by atoms with Crippen molar-refractivity contribution in [3.63, 3.8) is 0 Å². The number of nitrogens with one attached hydrogen (secondary N) is 2. The van der Waals surface area contributed by atoms with Crippen LogP contribution in [0.2, 0.25) is 0 Å². The predicted molar refractivity (Wildman–Crippen MR) is 104 cm³/mol. The summed E-state index contributed by atoms with van der Waals surface area (Å²) in [6.45, 7) is 2.36. The number of hydrogen-bond donors (Lipinski definition) is 2. The fourth-order valence-corrected chi connectivity index (χ4v) is 3.20. The van der Waals surface area contributed by atoms with Gasteiger partial charge in [0, 0.05) is 25.8 Å². The highest BCUT2D eigenvalue weighted by Gasteiger charge is 2.24. The van der Waals surface area contributed by atoms with Gasteiger partial charge in [-0.15, -0.1) is 0 Å². The Morgan fingerprint density at radius 2 is 1.96 bits per heavy atom. The smallest absolute Gasteiger partial charge is 0.349 e. The van der Waals surface area contributed by atoms with Gasteiger partial charge < -0.3 is 19.8 Å². The zero-order chi connectivity index (χ0) is 20.1. The molecular weight excluding hydrogens is 360 g/mol. The van der Waals surface area contributed by atoms with E-state index in [1.54, 1.807) is 32.2 Å². The predicted octanol–water partition coefficient (Wildman–Crippen LogP) is 2.73. The number of amides is 2. The third-order valence-electron chi connectivity index (χ3n) is 4.77. The summed E-state index contributed by atoms with van der Waals surface area (Å²) in [4.78, 5) is 36.2. The Morgan fingerprint density at radius 1 is 1.21 bits per heavy atom. The zero-order valence-corrected chi connectivity index (χ0v) is 16.0. The molecule has 0 saturated carbocycles. The molecule has 1 unspecified atom stereocenters. The van der Waals surface area contributed by atoms with Crippen molar-refractivity contribution in [2.24, 2.45) is 0 Å². The van der Waals surface area contributed by atoms with Gasteiger partial charge in [-0.25, -0.2) is 4.79 Å². The summed E-state index contributed by atoms with van der Waals surface area (Å²) >= 11 is 0. The molecular formula is C21H24N2O5. The summed E-state index contributed by atoms with van der Waals surface area (Å²) in [6.07, 6.45) is 2.53. The second kappa shape index (κ2) is 8.84. The molecule has 2 N–H and O–H groups in total. The number of hydrogen-bond acceptors (Lipinski definition) is 5. The Balaban J connectivity index is 1.69. The summed E-state index contributed by atoms with van der Waals surface area (Å²) in [7, 11) is 1.60. The van der Waals surface area contributed by atoms with Crippen molar-refractivity contribution in [1.82, 2.24) is 5.32 Å². The lowest BCUT2D eigenvalue weighted by atomic mass is 10.1. The molecule has 0 aliphatic carbocycles. The Bertz CT molecular complexity index is 911. The highest BCUT2D eigenvalue weighted by molar-refractivity contribution is 6.04. The number of rotatable bonds is 6. The first-order valence-electron chi connectivity index (χ1n) is 9.35. The Labute approximate surface area is 163 Å². The van der Waals surface area contributed by atoms with Gasteiger partial charge >= 0.3 is 5.63 Å². The number of aryl methyl sites for hydroxylation is 2. The molecule has 7 heteroatoms. The molecule has 148 valence electrons. The molecule has 1 aliphatic rings. The van der Waals surface area contributed by atoms with E-state index in [-0.39, 0.29) is 17.6 Å². The number of benzene rings is 1. The maximum atomic E-state index is 12.6. The van der Waals surface area contributed by atoms with Crippen molar-refractivity contribution in [1.29, 1.82) is 0 Å². The van der Waals surface area contributed by atoms with Gasteiger partial charge in [-0.1, -0.05) is 12.1 Å².